The van der Waals surface area contributed by atoms with Gasteiger partial charge >= 0.3 is 0 Å². The van der Waals surface area contributed by atoms with Gasteiger partial charge < -0.3 is 9.47 Å². The van der Waals surface area contributed by atoms with Gasteiger partial charge in [0.05, 0.1) is 25.1 Å². The summed E-state index contributed by atoms with van der Waals surface area (Å²) < 4.78 is 10.6. The number of aryl methyl sites for hydroxylation is 1. The van der Waals surface area contributed by atoms with Crippen molar-refractivity contribution in [1.82, 2.24) is 5.43 Å². The first kappa shape index (κ1) is 13.9. The number of benzene rings is 1. The standard InChI is InChI=1S/C14H18N2O2S/c1-9-8-10(17-2)4-5-11(9)13(16-15)14-12(18-3)6-7-19-14/h4-8,13,16H,15H2,1-3H3. The summed E-state index contributed by atoms with van der Waals surface area (Å²) in [6.45, 7) is 2.04. The van der Waals surface area contributed by atoms with E-state index in [1.165, 1.54) is 0 Å². The fourth-order valence-corrected chi connectivity index (χ4v) is 3.03. The maximum Gasteiger partial charge on any atom is 0.134 e. The Morgan fingerprint density at radius 1 is 1.21 bits per heavy atom. The summed E-state index contributed by atoms with van der Waals surface area (Å²) in [7, 11) is 3.33. The van der Waals surface area contributed by atoms with E-state index in [9.17, 15) is 0 Å². The molecule has 0 fully saturated rings. The molecule has 2 rings (SSSR count). The molecule has 5 heteroatoms. The molecule has 4 nitrogen and oxygen atoms in total. The van der Waals surface area contributed by atoms with E-state index in [0.29, 0.717) is 0 Å². The van der Waals surface area contributed by atoms with E-state index in [0.717, 1.165) is 27.5 Å². The molecule has 0 aliphatic carbocycles. The van der Waals surface area contributed by atoms with E-state index in [1.54, 1.807) is 25.6 Å². The Hall–Kier alpha value is -1.56. The summed E-state index contributed by atoms with van der Waals surface area (Å²) in [6.07, 6.45) is 0. The predicted octanol–water partition coefficient (Wildman–Crippen LogP) is 2.63. The number of methoxy groups -OCH3 is 2. The summed E-state index contributed by atoms with van der Waals surface area (Å²) in [5.41, 5.74) is 5.10. The number of thiophene rings is 1. The predicted molar refractivity (Wildman–Crippen MR) is 77.8 cm³/mol. The van der Waals surface area contributed by atoms with Crippen molar-refractivity contribution in [1.29, 1.82) is 0 Å². The van der Waals surface area contributed by atoms with Gasteiger partial charge in [0, 0.05) is 0 Å². The number of nitrogens with two attached hydrogens (primary N) is 1. The first-order valence-corrected chi connectivity index (χ1v) is 6.81. The van der Waals surface area contributed by atoms with Gasteiger partial charge in [0.1, 0.15) is 11.5 Å². The van der Waals surface area contributed by atoms with Crippen LogP contribution in [-0.2, 0) is 0 Å². The van der Waals surface area contributed by atoms with Crippen LogP contribution in [0.1, 0.15) is 22.0 Å². The Balaban J connectivity index is 2.42. The van der Waals surface area contributed by atoms with Crippen molar-refractivity contribution in [3.05, 3.63) is 45.6 Å². The summed E-state index contributed by atoms with van der Waals surface area (Å²) in [5, 5.41) is 2.00. The second kappa shape index (κ2) is 6.06. The number of nitrogens with one attached hydrogen (secondary N) is 1. The maximum atomic E-state index is 5.73. The third-order valence-corrected chi connectivity index (χ3v) is 4.06. The monoisotopic (exact) mass is 278 g/mol. The fraction of sp³-hybridized carbons (Fsp3) is 0.286. The smallest absolute Gasteiger partial charge is 0.134 e. The number of hydrogen-bond donors (Lipinski definition) is 2. The molecule has 0 spiro atoms. The lowest BCUT2D eigenvalue weighted by atomic mass is 10.00. The van der Waals surface area contributed by atoms with Crippen molar-refractivity contribution in [3.8, 4) is 11.5 Å². The van der Waals surface area contributed by atoms with Gasteiger partial charge in [0.15, 0.2) is 0 Å². The molecular formula is C14H18N2O2S. The Bertz CT molecular complexity index is 554. The van der Waals surface area contributed by atoms with Crippen LogP contribution in [-0.4, -0.2) is 14.2 Å². The topological polar surface area (TPSA) is 56.5 Å². The Morgan fingerprint density at radius 3 is 2.58 bits per heavy atom. The van der Waals surface area contributed by atoms with Crippen LogP contribution in [0, 0.1) is 6.92 Å². The van der Waals surface area contributed by atoms with Crippen LogP contribution < -0.4 is 20.7 Å². The first-order valence-electron chi connectivity index (χ1n) is 5.93. The van der Waals surface area contributed by atoms with Crippen LogP contribution in [0.2, 0.25) is 0 Å². The number of rotatable bonds is 5. The van der Waals surface area contributed by atoms with Crippen LogP contribution in [0.4, 0.5) is 0 Å². The molecule has 0 saturated heterocycles. The molecule has 1 atom stereocenters. The second-order valence-corrected chi connectivity index (χ2v) is 5.12. The number of hydrogen-bond acceptors (Lipinski definition) is 5. The third kappa shape index (κ3) is 2.73. The molecule has 0 radical (unpaired) electrons. The van der Waals surface area contributed by atoms with E-state index in [4.69, 9.17) is 15.3 Å². The van der Waals surface area contributed by atoms with Gasteiger partial charge in [0.2, 0.25) is 0 Å². The normalized spacial score (nSPS) is 12.2. The van der Waals surface area contributed by atoms with Crippen LogP contribution in [0.15, 0.2) is 29.6 Å². The fourth-order valence-electron chi connectivity index (χ4n) is 2.09. The molecule has 1 aromatic carbocycles. The first-order chi connectivity index (χ1) is 9.21. The lowest BCUT2D eigenvalue weighted by molar-refractivity contribution is 0.407. The minimum atomic E-state index is -0.0825. The zero-order chi connectivity index (χ0) is 13.8. The van der Waals surface area contributed by atoms with Crippen molar-refractivity contribution in [2.45, 2.75) is 13.0 Å². The average Bonchev–Trinajstić information content (AvgIpc) is 2.89. The lowest BCUT2D eigenvalue weighted by Crippen LogP contribution is -2.29. The molecular weight excluding hydrogens is 260 g/mol. The van der Waals surface area contributed by atoms with Gasteiger partial charge in [-0.05, 0) is 41.6 Å². The highest BCUT2D eigenvalue weighted by Crippen LogP contribution is 2.36. The highest BCUT2D eigenvalue weighted by molar-refractivity contribution is 7.10. The van der Waals surface area contributed by atoms with Gasteiger partial charge in [-0.3, -0.25) is 5.84 Å². The minimum absolute atomic E-state index is 0.0825. The van der Waals surface area contributed by atoms with E-state index in [-0.39, 0.29) is 6.04 Å². The summed E-state index contributed by atoms with van der Waals surface area (Å²) in [6, 6.07) is 7.83. The van der Waals surface area contributed by atoms with Crippen LogP contribution in [0.3, 0.4) is 0 Å². The molecule has 0 saturated carbocycles. The molecule has 3 N–H and O–H groups in total. The highest BCUT2D eigenvalue weighted by Gasteiger charge is 2.20. The molecule has 1 unspecified atom stereocenters. The molecule has 0 bridgehead atoms. The third-order valence-electron chi connectivity index (χ3n) is 3.09. The molecule has 0 aliphatic heterocycles. The average molecular weight is 278 g/mol. The van der Waals surface area contributed by atoms with Crippen molar-refractivity contribution < 1.29 is 9.47 Å². The second-order valence-electron chi connectivity index (χ2n) is 4.18. The molecule has 0 amide bonds. The van der Waals surface area contributed by atoms with Gasteiger partial charge in [-0.15, -0.1) is 11.3 Å². The van der Waals surface area contributed by atoms with Gasteiger partial charge in [-0.25, -0.2) is 5.43 Å². The molecule has 1 heterocycles. The van der Waals surface area contributed by atoms with Crippen LogP contribution in [0.5, 0.6) is 11.5 Å². The molecule has 19 heavy (non-hydrogen) atoms. The molecule has 1 aromatic heterocycles. The zero-order valence-electron chi connectivity index (χ0n) is 11.3. The minimum Gasteiger partial charge on any atom is -0.497 e. The summed E-state index contributed by atoms with van der Waals surface area (Å²) >= 11 is 1.62. The van der Waals surface area contributed by atoms with Crippen LogP contribution >= 0.6 is 11.3 Å². The van der Waals surface area contributed by atoms with Gasteiger partial charge in [0.25, 0.3) is 0 Å². The molecule has 2 aromatic rings. The Kier molecular flexibility index (Phi) is 4.42. The highest BCUT2D eigenvalue weighted by atomic mass is 32.1. The lowest BCUT2D eigenvalue weighted by Gasteiger charge is -2.19. The number of ether oxygens (including phenoxy) is 2. The van der Waals surface area contributed by atoms with Crippen molar-refractivity contribution in [2.75, 3.05) is 14.2 Å². The zero-order valence-corrected chi connectivity index (χ0v) is 12.1. The SMILES string of the molecule is COc1ccc(C(NN)c2sccc2OC)c(C)c1. The van der Waals surface area contributed by atoms with Crippen molar-refractivity contribution in [3.63, 3.8) is 0 Å². The van der Waals surface area contributed by atoms with Gasteiger partial charge in [-0.2, -0.15) is 0 Å². The summed E-state index contributed by atoms with van der Waals surface area (Å²) in [4.78, 5) is 1.07. The van der Waals surface area contributed by atoms with Crippen molar-refractivity contribution in [2.24, 2.45) is 5.84 Å². The van der Waals surface area contributed by atoms with E-state index >= 15 is 0 Å². The van der Waals surface area contributed by atoms with Crippen LogP contribution in [0.25, 0.3) is 0 Å². The van der Waals surface area contributed by atoms with E-state index in [1.807, 2.05) is 36.6 Å². The van der Waals surface area contributed by atoms with E-state index < -0.39 is 0 Å². The molecule has 0 aliphatic rings. The van der Waals surface area contributed by atoms with Crippen molar-refractivity contribution >= 4 is 11.3 Å². The Labute approximate surface area is 117 Å². The number of hydrazine groups is 1. The Morgan fingerprint density at radius 2 is 2.00 bits per heavy atom. The molecule has 102 valence electrons. The van der Waals surface area contributed by atoms with E-state index in [2.05, 4.69) is 5.43 Å². The quantitative estimate of drug-likeness (QED) is 0.652. The summed E-state index contributed by atoms with van der Waals surface area (Å²) in [5.74, 6) is 7.42. The largest absolute Gasteiger partial charge is 0.497 e. The van der Waals surface area contributed by atoms with Gasteiger partial charge in [-0.1, -0.05) is 6.07 Å². The maximum absolute atomic E-state index is 5.73.